The first-order valence-electron chi connectivity index (χ1n) is 7.75. The highest BCUT2D eigenvalue weighted by atomic mass is 16.2. The molecule has 3 aliphatic heterocycles. The molecule has 3 heterocycles. The van der Waals surface area contributed by atoms with Crippen molar-refractivity contribution < 1.29 is 9.59 Å². The molecule has 0 atom stereocenters. The van der Waals surface area contributed by atoms with Crippen molar-refractivity contribution in [2.75, 3.05) is 32.7 Å². The molecule has 3 aliphatic rings. The monoisotopic (exact) mass is 280 g/mol. The number of imide groups is 1. The van der Waals surface area contributed by atoms with Crippen molar-refractivity contribution in [2.24, 2.45) is 0 Å². The molecule has 2 N–H and O–H groups in total. The molecule has 3 rings (SSSR count). The van der Waals surface area contributed by atoms with Crippen LogP contribution in [0.4, 0.5) is 4.79 Å². The highest BCUT2D eigenvalue weighted by Crippen LogP contribution is 2.31. The summed E-state index contributed by atoms with van der Waals surface area (Å²) >= 11 is 0. The Hall–Kier alpha value is -1.14. The fourth-order valence-corrected chi connectivity index (χ4v) is 3.63. The van der Waals surface area contributed by atoms with E-state index in [9.17, 15) is 9.59 Å². The summed E-state index contributed by atoms with van der Waals surface area (Å²) in [7, 11) is 0. The number of likely N-dealkylation sites (tertiary alicyclic amines) is 1. The first-order valence-corrected chi connectivity index (χ1v) is 7.75. The predicted octanol–water partition coefficient (Wildman–Crippen LogP) is 0.145. The van der Waals surface area contributed by atoms with Crippen LogP contribution in [0.25, 0.3) is 0 Å². The van der Waals surface area contributed by atoms with Crippen LogP contribution in [0.5, 0.6) is 0 Å². The normalized spacial score (nSPS) is 28.1. The molecule has 0 bridgehead atoms. The Bertz CT molecular complexity index is 398. The topological polar surface area (TPSA) is 64.7 Å². The van der Waals surface area contributed by atoms with Gasteiger partial charge in [0.1, 0.15) is 5.54 Å². The summed E-state index contributed by atoms with van der Waals surface area (Å²) in [6.45, 7) is 6.70. The van der Waals surface area contributed by atoms with Gasteiger partial charge in [0.15, 0.2) is 0 Å². The van der Waals surface area contributed by atoms with E-state index in [1.807, 2.05) is 0 Å². The second-order valence-corrected chi connectivity index (χ2v) is 6.10. The molecule has 1 spiro atoms. The molecule has 0 unspecified atom stereocenters. The van der Waals surface area contributed by atoms with Crippen molar-refractivity contribution in [2.45, 2.75) is 44.2 Å². The highest BCUT2D eigenvalue weighted by molar-refractivity contribution is 6.07. The van der Waals surface area contributed by atoms with E-state index in [1.54, 1.807) is 0 Å². The molecule has 0 saturated carbocycles. The first-order chi connectivity index (χ1) is 9.66. The molecule has 3 fully saturated rings. The number of nitrogens with one attached hydrogen (secondary N) is 2. The number of nitrogens with zero attached hydrogens (tertiary/aromatic N) is 2. The second kappa shape index (κ2) is 5.33. The van der Waals surface area contributed by atoms with E-state index in [0.717, 1.165) is 58.4 Å². The number of rotatable bonds is 2. The van der Waals surface area contributed by atoms with Crippen molar-refractivity contribution >= 4 is 11.9 Å². The number of amides is 3. The summed E-state index contributed by atoms with van der Waals surface area (Å²) < 4.78 is 0. The standard InChI is InChI=1S/C14H24N4O2/c1-2-17-9-5-14(6-10-17)12(19)18(13(20)16-14)11-3-7-15-8-4-11/h11,15H,2-10H2,1H3,(H,16,20). The number of piperidine rings is 2. The summed E-state index contributed by atoms with van der Waals surface area (Å²) in [5, 5.41) is 6.28. The van der Waals surface area contributed by atoms with E-state index in [1.165, 1.54) is 4.90 Å². The van der Waals surface area contributed by atoms with E-state index in [4.69, 9.17) is 0 Å². The third-order valence-electron chi connectivity index (χ3n) is 5.02. The zero-order valence-electron chi connectivity index (χ0n) is 12.2. The van der Waals surface area contributed by atoms with Crippen molar-refractivity contribution in [3.63, 3.8) is 0 Å². The summed E-state index contributed by atoms with van der Waals surface area (Å²) in [6.07, 6.45) is 3.23. The Morgan fingerprint density at radius 3 is 2.45 bits per heavy atom. The molecule has 6 nitrogen and oxygen atoms in total. The minimum Gasteiger partial charge on any atom is -0.323 e. The Morgan fingerprint density at radius 2 is 1.85 bits per heavy atom. The third kappa shape index (κ3) is 2.20. The van der Waals surface area contributed by atoms with Crippen LogP contribution in [0.2, 0.25) is 0 Å². The van der Waals surface area contributed by atoms with Crippen LogP contribution in [0, 0.1) is 0 Å². The van der Waals surface area contributed by atoms with Gasteiger partial charge in [0.2, 0.25) is 0 Å². The maximum absolute atomic E-state index is 12.8. The Kier molecular flexibility index (Phi) is 3.69. The highest BCUT2D eigenvalue weighted by Gasteiger charge is 2.53. The van der Waals surface area contributed by atoms with Gasteiger partial charge in [0.05, 0.1) is 0 Å². The van der Waals surface area contributed by atoms with Gasteiger partial charge in [-0.25, -0.2) is 4.79 Å². The van der Waals surface area contributed by atoms with Gasteiger partial charge in [-0.05, 0) is 45.3 Å². The van der Waals surface area contributed by atoms with Gasteiger partial charge in [0.25, 0.3) is 5.91 Å². The average molecular weight is 280 g/mol. The SMILES string of the molecule is CCN1CCC2(CC1)NC(=O)N(C1CCNCC1)C2=O. The summed E-state index contributed by atoms with van der Waals surface area (Å²) in [5.41, 5.74) is -0.617. The first kappa shape index (κ1) is 13.8. The molecule has 0 radical (unpaired) electrons. The molecular formula is C14H24N4O2. The van der Waals surface area contributed by atoms with E-state index in [-0.39, 0.29) is 18.0 Å². The van der Waals surface area contributed by atoms with Crippen molar-refractivity contribution in [3.8, 4) is 0 Å². The maximum atomic E-state index is 12.8. The smallest absolute Gasteiger partial charge is 0.323 e. The van der Waals surface area contributed by atoms with E-state index in [0.29, 0.717) is 0 Å². The average Bonchev–Trinajstić information content (AvgIpc) is 2.72. The predicted molar refractivity (Wildman–Crippen MR) is 75.3 cm³/mol. The lowest BCUT2D eigenvalue weighted by Crippen LogP contribution is -2.55. The molecule has 0 aromatic carbocycles. The number of carbonyl (C=O) groups excluding carboxylic acids is 2. The molecule has 6 heteroatoms. The zero-order chi connectivity index (χ0) is 14.2. The maximum Gasteiger partial charge on any atom is 0.325 e. The number of hydrogen-bond donors (Lipinski definition) is 2. The van der Waals surface area contributed by atoms with E-state index >= 15 is 0 Å². The van der Waals surface area contributed by atoms with Crippen LogP contribution in [-0.4, -0.2) is 66.0 Å². The van der Waals surface area contributed by atoms with Crippen molar-refractivity contribution in [1.82, 2.24) is 20.4 Å². The van der Waals surface area contributed by atoms with Crippen LogP contribution < -0.4 is 10.6 Å². The Balaban J connectivity index is 1.73. The molecule has 0 aromatic rings. The van der Waals surface area contributed by atoms with Crippen LogP contribution >= 0.6 is 0 Å². The Morgan fingerprint density at radius 1 is 1.20 bits per heavy atom. The lowest BCUT2D eigenvalue weighted by molar-refractivity contribution is -0.134. The van der Waals surface area contributed by atoms with E-state index in [2.05, 4.69) is 22.5 Å². The summed E-state index contributed by atoms with van der Waals surface area (Å²) in [5.74, 6) is 0.0187. The van der Waals surface area contributed by atoms with Gasteiger partial charge in [0, 0.05) is 19.1 Å². The molecule has 3 saturated heterocycles. The van der Waals surface area contributed by atoms with Gasteiger partial charge in [-0.1, -0.05) is 6.92 Å². The number of carbonyl (C=O) groups is 2. The van der Waals surface area contributed by atoms with Crippen LogP contribution in [0.1, 0.15) is 32.6 Å². The summed E-state index contributed by atoms with van der Waals surface area (Å²) in [4.78, 5) is 28.9. The third-order valence-corrected chi connectivity index (χ3v) is 5.02. The molecule has 0 aliphatic carbocycles. The van der Waals surface area contributed by atoms with Gasteiger partial charge in [-0.15, -0.1) is 0 Å². The molecular weight excluding hydrogens is 256 g/mol. The minimum absolute atomic E-state index is 0.0187. The molecule has 20 heavy (non-hydrogen) atoms. The summed E-state index contributed by atoms with van der Waals surface area (Å²) in [6, 6.07) is -0.0980. The number of hydrogen-bond acceptors (Lipinski definition) is 4. The molecule has 0 aromatic heterocycles. The lowest BCUT2D eigenvalue weighted by Gasteiger charge is -2.37. The van der Waals surface area contributed by atoms with Gasteiger partial charge in [-0.2, -0.15) is 0 Å². The van der Waals surface area contributed by atoms with E-state index < -0.39 is 5.54 Å². The minimum atomic E-state index is -0.617. The molecule has 3 amide bonds. The number of urea groups is 1. The van der Waals surface area contributed by atoms with Crippen molar-refractivity contribution in [1.29, 1.82) is 0 Å². The van der Waals surface area contributed by atoms with Gasteiger partial charge < -0.3 is 15.5 Å². The van der Waals surface area contributed by atoms with Crippen LogP contribution in [0.15, 0.2) is 0 Å². The quantitative estimate of drug-likeness (QED) is 0.707. The van der Waals surface area contributed by atoms with Crippen LogP contribution in [-0.2, 0) is 4.79 Å². The fourth-order valence-electron chi connectivity index (χ4n) is 3.63. The fraction of sp³-hybridized carbons (Fsp3) is 0.857. The largest absolute Gasteiger partial charge is 0.325 e. The zero-order valence-corrected chi connectivity index (χ0v) is 12.2. The van der Waals surface area contributed by atoms with Crippen molar-refractivity contribution in [3.05, 3.63) is 0 Å². The van der Waals surface area contributed by atoms with Gasteiger partial charge >= 0.3 is 6.03 Å². The second-order valence-electron chi connectivity index (χ2n) is 6.10. The lowest BCUT2D eigenvalue weighted by atomic mass is 9.87. The van der Waals surface area contributed by atoms with Crippen LogP contribution in [0.3, 0.4) is 0 Å². The van der Waals surface area contributed by atoms with Gasteiger partial charge in [-0.3, -0.25) is 9.69 Å². The molecule has 112 valence electrons. The Labute approximate surface area is 119 Å².